The van der Waals surface area contributed by atoms with E-state index >= 15 is 0 Å². The Morgan fingerprint density at radius 1 is 1.03 bits per heavy atom. The Morgan fingerprint density at radius 3 is 2.45 bits per heavy atom. The Hall–Kier alpha value is -3.06. The Kier molecular flexibility index (Phi) is 4.66. The molecule has 3 fully saturated rings. The van der Waals surface area contributed by atoms with Crippen LogP contribution in [0.15, 0.2) is 54.6 Å². The van der Waals surface area contributed by atoms with Crippen molar-refractivity contribution in [3.8, 4) is 0 Å². The van der Waals surface area contributed by atoms with Crippen LogP contribution in [0.1, 0.15) is 30.0 Å². The fraction of sp³-hybridized carbons (Fsp3) is 0.375. The molecule has 6 nitrogen and oxygen atoms in total. The molecule has 0 bridgehead atoms. The van der Waals surface area contributed by atoms with Gasteiger partial charge in [-0.1, -0.05) is 42.5 Å². The fourth-order valence-electron chi connectivity index (χ4n) is 5.52. The third-order valence-electron chi connectivity index (χ3n) is 6.99. The molecule has 0 radical (unpaired) electrons. The number of nitrogens with zero attached hydrogens (tertiary/aromatic N) is 2. The van der Waals surface area contributed by atoms with Gasteiger partial charge in [0.05, 0.1) is 11.8 Å². The maximum atomic E-state index is 13.8. The number of hydrogen-bond donors (Lipinski definition) is 1. The van der Waals surface area contributed by atoms with E-state index in [0.717, 1.165) is 17.5 Å². The highest BCUT2D eigenvalue weighted by Crippen LogP contribution is 2.51. The van der Waals surface area contributed by atoms with Gasteiger partial charge in [-0.05, 0) is 36.1 Å². The van der Waals surface area contributed by atoms with Crippen LogP contribution in [0.5, 0.6) is 0 Å². The number of halogens is 1. The standard InChI is InChI=1S/C24H24FN3O3/c1-27-21(29)18-19(22(27)30)24(26-20(18)16-6-3-2-4-7-16)12-5-13-28(23(24)31)14-15-8-10-17(25)11-9-15/h2-4,6-11,18-20,26H,5,12-14H2,1H3/t18-,19-,20-,24-/m1/s1. The average Bonchev–Trinajstić information content (AvgIpc) is 3.23. The molecule has 3 aliphatic rings. The van der Waals surface area contributed by atoms with Crippen LogP contribution in [-0.2, 0) is 20.9 Å². The van der Waals surface area contributed by atoms with E-state index in [0.29, 0.717) is 19.5 Å². The van der Waals surface area contributed by atoms with Gasteiger partial charge in [0, 0.05) is 26.2 Å². The molecule has 1 N–H and O–H groups in total. The van der Waals surface area contributed by atoms with Crippen molar-refractivity contribution in [3.05, 3.63) is 71.5 Å². The van der Waals surface area contributed by atoms with Crippen LogP contribution in [0.4, 0.5) is 4.39 Å². The first-order valence-corrected chi connectivity index (χ1v) is 10.6. The van der Waals surface area contributed by atoms with Crippen LogP contribution in [-0.4, -0.2) is 46.7 Å². The van der Waals surface area contributed by atoms with Crippen molar-refractivity contribution >= 4 is 17.7 Å². The summed E-state index contributed by atoms with van der Waals surface area (Å²) in [6.07, 6.45) is 1.22. The number of rotatable bonds is 3. The van der Waals surface area contributed by atoms with Gasteiger partial charge in [0.15, 0.2) is 0 Å². The Balaban J connectivity index is 1.52. The summed E-state index contributed by atoms with van der Waals surface area (Å²) in [5.74, 6) is -2.34. The van der Waals surface area contributed by atoms with Crippen LogP contribution in [0.2, 0.25) is 0 Å². The summed E-state index contributed by atoms with van der Waals surface area (Å²) < 4.78 is 13.3. The van der Waals surface area contributed by atoms with Crippen molar-refractivity contribution in [1.82, 2.24) is 15.1 Å². The van der Waals surface area contributed by atoms with Crippen LogP contribution in [0.3, 0.4) is 0 Å². The number of imide groups is 1. The number of fused-ring (bicyclic) bond motifs is 2. The molecule has 160 valence electrons. The summed E-state index contributed by atoms with van der Waals surface area (Å²) in [6, 6.07) is 15.2. The second-order valence-electron chi connectivity index (χ2n) is 8.70. The summed E-state index contributed by atoms with van der Waals surface area (Å²) in [4.78, 5) is 42.9. The van der Waals surface area contributed by atoms with Crippen molar-refractivity contribution in [2.24, 2.45) is 11.8 Å². The normalized spacial score (nSPS) is 30.4. The zero-order valence-electron chi connectivity index (χ0n) is 17.3. The molecule has 7 heteroatoms. The molecule has 0 unspecified atom stereocenters. The summed E-state index contributed by atoms with van der Waals surface area (Å²) in [5.41, 5.74) is 0.613. The van der Waals surface area contributed by atoms with Crippen LogP contribution in [0.25, 0.3) is 0 Å². The molecule has 0 aromatic heterocycles. The smallest absolute Gasteiger partial charge is 0.244 e. The predicted octanol–water partition coefficient (Wildman–Crippen LogP) is 2.26. The summed E-state index contributed by atoms with van der Waals surface area (Å²) in [6.45, 7) is 0.902. The highest BCUT2D eigenvalue weighted by Gasteiger charge is 2.68. The van der Waals surface area contributed by atoms with Crippen molar-refractivity contribution in [3.63, 3.8) is 0 Å². The van der Waals surface area contributed by atoms with Crippen LogP contribution in [0, 0.1) is 17.7 Å². The number of piperidine rings is 1. The Morgan fingerprint density at radius 2 is 1.74 bits per heavy atom. The lowest BCUT2D eigenvalue weighted by atomic mass is 9.74. The van der Waals surface area contributed by atoms with Gasteiger partial charge >= 0.3 is 0 Å². The molecule has 0 aliphatic carbocycles. The highest BCUT2D eigenvalue weighted by molar-refractivity contribution is 6.10. The second-order valence-corrected chi connectivity index (χ2v) is 8.70. The molecule has 3 amide bonds. The average molecular weight is 421 g/mol. The number of carbonyl (C=O) groups excluding carboxylic acids is 3. The van der Waals surface area contributed by atoms with E-state index in [1.807, 2.05) is 30.3 Å². The van der Waals surface area contributed by atoms with E-state index in [4.69, 9.17) is 0 Å². The van der Waals surface area contributed by atoms with Gasteiger partial charge in [-0.2, -0.15) is 0 Å². The Bertz CT molecular complexity index is 1040. The number of carbonyl (C=O) groups is 3. The lowest BCUT2D eigenvalue weighted by molar-refractivity contribution is -0.149. The number of nitrogens with one attached hydrogen (secondary N) is 1. The second kappa shape index (κ2) is 7.27. The molecule has 4 atom stereocenters. The van der Waals surface area contributed by atoms with Gasteiger partial charge in [-0.25, -0.2) is 4.39 Å². The molecule has 3 aliphatic heterocycles. The van der Waals surface area contributed by atoms with Gasteiger partial charge in [0.1, 0.15) is 11.4 Å². The molecule has 5 rings (SSSR count). The summed E-state index contributed by atoms with van der Waals surface area (Å²) in [5, 5.41) is 3.46. The fourth-order valence-corrected chi connectivity index (χ4v) is 5.52. The Labute approximate surface area is 180 Å². The van der Waals surface area contributed by atoms with E-state index in [2.05, 4.69) is 5.32 Å². The monoisotopic (exact) mass is 421 g/mol. The molecular formula is C24H24FN3O3. The minimum Gasteiger partial charge on any atom is -0.337 e. The summed E-state index contributed by atoms with van der Waals surface area (Å²) in [7, 11) is 1.50. The first-order chi connectivity index (χ1) is 14.9. The number of likely N-dealkylation sites (tertiary alicyclic amines) is 2. The molecule has 0 saturated carbocycles. The minimum absolute atomic E-state index is 0.159. The maximum Gasteiger partial charge on any atom is 0.244 e. The van der Waals surface area contributed by atoms with Gasteiger partial charge in [0.2, 0.25) is 17.7 Å². The topological polar surface area (TPSA) is 69.7 Å². The van der Waals surface area contributed by atoms with E-state index in [9.17, 15) is 18.8 Å². The molecule has 3 saturated heterocycles. The molecule has 3 heterocycles. The zero-order valence-corrected chi connectivity index (χ0v) is 17.3. The predicted molar refractivity (Wildman–Crippen MR) is 111 cm³/mol. The zero-order chi connectivity index (χ0) is 21.8. The SMILES string of the molecule is CN1C(=O)[C@H]2[C@@H](c3ccccc3)N[C@]3(CCCN(Cc4ccc(F)cc4)C3=O)[C@H]2C1=O. The van der Waals surface area contributed by atoms with Crippen molar-refractivity contribution in [2.75, 3.05) is 13.6 Å². The van der Waals surface area contributed by atoms with E-state index in [1.165, 1.54) is 24.1 Å². The third kappa shape index (κ3) is 2.98. The number of amides is 3. The van der Waals surface area contributed by atoms with Crippen molar-refractivity contribution in [2.45, 2.75) is 31.0 Å². The van der Waals surface area contributed by atoms with Crippen LogP contribution < -0.4 is 5.32 Å². The third-order valence-corrected chi connectivity index (χ3v) is 6.99. The molecule has 31 heavy (non-hydrogen) atoms. The first-order valence-electron chi connectivity index (χ1n) is 10.6. The summed E-state index contributed by atoms with van der Waals surface area (Å²) >= 11 is 0. The minimum atomic E-state index is -1.11. The van der Waals surface area contributed by atoms with E-state index in [-0.39, 0.29) is 23.5 Å². The van der Waals surface area contributed by atoms with E-state index < -0.39 is 23.4 Å². The molecule has 2 aromatic rings. The lowest BCUT2D eigenvalue weighted by Crippen LogP contribution is -2.63. The van der Waals surface area contributed by atoms with Gasteiger partial charge in [-0.3, -0.25) is 24.6 Å². The number of hydrogen-bond acceptors (Lipinski definition) is 4. The van der Waals surface area contributed by atoms with Crippen molar-refractivity contribution in [1.29, 1.82) is 0 Å². The van der Waals surface area contributed by atoms with Crippen molar-refractivity contribution < 1.29 is 18.8 Å². The van der Waals surface area contributed by atoms with E-state index in [1.54, 1.807) is 17.0 Å². The highest BCUT2D eigenvalue weighted by atomic mass is 19.1. The van der Waals surface area contributed by atoms with Gasteiger partial charge in [0.25, 0.3) is 0 Å². The van der Waals surface area contributed by atoms with Crippen LogP contribution >= 0.6 is 0 Å². The number of benzene rings is 2. The molecular weight excluding hydrogens is 397 g/mol. The molecule has 2 aromatic carbocycles. The quantitative estimate of drug-likeness (QED) is 0.772. The van der Waals surface area contributed by atoms with Gasteiger partial charge < -0.3 is 4.90 Å². The first kappa shape index (κ1) is 19.9. The molecule has 1 spiro atoms. The largest absolute Gasteiger partial charge is 0.337 e. The van der Waals surface area contributed by atoms with Gasteiger partial charge in [-0.15, -0.1) is 0 Å². The maximum absolute atomic E-state index is 13.8. The lowest BCUT2D eigenvalue weighted by Gasteiger charge is -2.42.